The Bertz CT molecular complexity index is 401. The molecule has 4 nitrogen and oxygen atoms in total. The summed E-state index contributed by atoms with van der Waals surface area (Å²) in [4.78, 5) is 3.56. The minimum atomic E-state index is -4.52. The molecular weight excluding hydrogens is 317 g/mol. The van der Waals surface area contributed by atoms with E-state index in [0.717, 1.165) is 0 Å². The van der Waals surface area contributed by atoms with Gasteiger partial charge in [0.1, 0.15) is 4.60 Å². The Morgan fingerprint density at radius 3 is 2.11 bits per heavy atom. The van der Waals surface area contributed by atoms with Crippen molar-refractivity contribution in [1.29, 1.82) is 0 Å². The average molecular weight is 331 g/mol. The van der Waals surface area contributed by atoms with Crippen LogP contribution in [0.4, 0.5) is 13.2 Å². The molecule has 0 aromatic carbocycles. The summed E-state index contributed by atoms with van der Waals surface area (Å²) in [7, 11) is 1.46. The molecule has 1 aromatic heterocycles. The molecule has 0 fully saturated rings. The number of ether oxygens (including phenoxy) is 2. The standard InChI is InChI=1S/C10H14BrF3N2O2/c1-4-17-9(18-5-2)8-15-6(10(12,13)14)7(11)16(8)3/h9H,4-5H2,1-3H3. The van der Waals surface area contributed by atoms with Gasteiger partial charge >= 0.3 is 6.18 Å². The van der Waals surface area contributed by atoms with Crippen LogP contribution in [0.15, 0.2) is 4.60 Å². The van der Waals surface area contributed by atoms with Gasteiger partial charge in [-0.1, -0.05) is 0 Å². The minimum Gasteiger partial charge on any atom is -0.346 e. The molecule has 1 rings (SSSR count). The third kappa shape index (κ3) is 3.24. The second-order valence-corrected chi connectivity index (χ2v) is 4.16. The van der Waals surface area contributed by atoms with Gasteiger partial charge in [0.15, 0.2) is 11.5 Å². The van der Waals surface area contributed by atoms with Crippen LogP contribution >= 0.6 is 15.9 Å². The second kappa shape index (κ2) is 6.03. The molecule has 0 aliphatic heterocycles. The first-order chi connectivity index (χ1) is 8.32. The quantitative estimate of drug-likeness (QED) is 0.777. The van der Waals surface area contributed by atoms with Crippen LogP contribution in [0, 0.1) is 0 Å². The van der Waals surface area contributed by atoms with Gasteiger partial charge in [-0.25, -0.2) is 4.98 Å². The summed E-state index contributed by atoms with van der Waals surface area (Å²) < 4.78 is 49.7. The van der Waals surface area contributed by atoms with E-state index in [1.165, 1.54) is 11.6 Å². The maximum atomic E-state index is 12.7. The minimum absolute atomic E-state index is 0.0814. The van der Waals surface area contributed by atoms with Crippen molar-refractivity contribution in [2.45, 2.75) is 26.3 Å². The first-order valence-corrected chi connectivity index (χ1v) is 6.14. The molecule has 0 amide bonds. The predicted octanol–water partition coefficient (Wildman–Crippen LogP) is 3.27. The highest BCUT2D eigenvalue weighted by atomic mass is 79.9. The molecule has 8 heteroatoms. The number of halogens is 4. The summed E-state index contributed by atoms with van der Waals surface area (Å²) in [5.74, 6) is 0.0814. The van der Waals surface area contributed by atoms with E-state index in [1.54, 1.807) is 13.8 Å². The lowest BCUT2D eigenvalue weighted by Crippen LogP contribution is -2.14. The van der Waals surface area contributed by atoms with Crippen molar-refractivity contribution in [3.8, 4) is 0 Å². The predicted molar refractivity (Wildman–Crippen MR) is 61.9 cm³/mol. The zero-order chi connectivity index (χ0) is 13.9. The van der Waals surface area contributed by atoms with Gasteiger partial charge in [0.25, 0.3) is 0 Å². The monoisotopic (exact) mass is 330 g/mol. The van der Waals surface area contributed by atoms with E-state index in [2.05, 4.69) is 20.9 Å². The SMILES string of the molecule is CCOC(OCC)c1nc(C(F)(F)F)c(Br)n1C. The third-order valence-electron chi connectivity index (χ3n) is 2.18. The number of aromatic nitrogens is 2. The summed E-state index contributed by atoms with van der Waals surface area (Å²) in [5.41, 5.74) is -0.982. The van der Waals surface area contributed by atoms with Gasteiger partial charge < -0.3 is 14.0 Å². The fourth-order valence-electron chi connectivity index (χ4n) is 1.39. The van der Waals surface area contributed by atoms with Gasteiger partial charge in [0.2, 0.25) is 6.29 Å². The van der Waals surface area contributed by atoms with Gasteiger partial charge in [0, 0.05) is 20.3 Å². The molecule has 0 N–H and O–H groups in total. The van der Waals surface area contributed by atoms with Gasteiger partial charge in [0.05, 0.1) is 0 Å². The van der Waals surface area contributed by atoms with Gasteiger partial charge in [-0.3, -0.25) is 0 Å². The van der Waals surface area contributed by atoms with Crippen molar-refractivity contribution in [3.63, 3.8) is 0 Å². The van der Waals surface area contributed by atoms with Crippen molar-refractivity contribution in [2.75, 3.05) is 13.2 Å². The number of imidazole rings is 1. The topological polar surface area (TPSA) is 36.3 Å². The van der Waals surface area contributed by atoms with Crippen LogP contribution in [-0.2, 0) is 22.7 Å². The largest absolute Gasteiger partial charge is 0.436 e. The van der Waals surface area contributed by atoms with Crippen molar-refractivity contribution >= 4 is 15.9 Å². The Morgan fingerprint density at radius 1 is 1.28 bits per heavy atom. The molecule has 0 aliphatic carbocycles. The third-order valence-corrected chi connectivity index (χ3v) is 3.08. The van der Waals surface area contributed by atoms with Crippen molar-refractivity contribution in [1.82, 2.24) is 9.55 Å². The first-order valence-electron chi connectivity index (χ1n) is 5.35. The number of hydrogen-bond donors (Lipinski definition) is 0. The van der Waals surface area contributed by atoms with Crippen LogP contribution in [0.3, 0.4) is 0 Å². The second-order valence-electron chi connectivity index (χ2n) is 3.41. The normalized spacial score (nSPS) is 12.4. The maximum Gasteiger partial charge on any atom is 0.436 e. The van der Waals surface area contributed by atoms with Crippen LogP contribution in [0.25, 0.3) is 0 Å². The molecule has 0 bridgehead atoms. The molecule has 0 spiro atoms. The molecule has 0 radical (unpaired) electrons. The van der Waals surface area contributed by atoms with E-state index in [1.807, 2.05) is 0 Å². The lowest BCUT2D eigenvalue weighted by atomic mass is 10.5. The summed E-state index contributed by atoms with van der Waals surface area (Å²) in [5, 5.41) is 0. The number of hydrogen-bond acceptors (Lipinski definition) is 3. The summed E-state index contributed by atoms with van der Waals surface area (Å²) in [6, 6.07) is 0. The molecule has 0 saturated carbocycles. The van der Waals surface area contributed by atoms with Crippen LogP contribution in [-0.4, -0.2) is 22.8 Å². The fourth-order valence-corrected chi connectivity index (χ4v) is 1.88. The zero-order valence-corrected chi connectivity index (χ0v) is 11.8. The van der Waals surface area contributed by atoms with Crippen molar-refractivity contribution in [2.24, 2.45) is 7.05 Å². The summed E-state index contributed by atoms with van der Waals surface area (Å²) in [6.45, 7) is 4.09. The van der Waals surface area contributed by atoms with E-state index >= 15 is 0 Å². The highest BCUT2D eigenvalue weighted by Crippen LogP contribution is 2.36. The number of alkyl halides is 3. The van der Waals surface area contributed by atoms with Crippen LogP contribution in [0.1, 0.15) is 31.7 Å². The zero-order valence-electron chi connectivity index (χ0n) is 10.2. The number of rotatable bonds is 5. The van der Waals surface area contributed by atoms with Crippen molar-refractivity contribution in [3.05, 3.63) is 16.1 Å². The molecule has 104 valence electrons. The van der Waals surface area contributed by atoms with E-state index < -0.39 is 18.2 Å². The van der Waals surface area contributed by atoms with Crippen LogP contribution in [0.2, 0.25) is 0 Å². The highest BCUT2D eigenvalue weighted by Gasteiger charge is 2.39. The Balaban J connectivity index is 3.16. The van der Waals surface area contributed by atoms with Gasteiger partial charge in [-0.2, -0.15) is 13.2 Å². The summed E-state index contributed by atoms with van der Waals surface area (Å²) in [6.07, 6.45) is -5.42. The Morgan fingerprint density at radius 2 is 1.78 bits per heavy atom. The summed E-state index contributed by atoms with van der Waals surface area (Å²) >= 11 is 2.88. The van der Waals surface area contributed by atoms with Crippen LogP contribution < -0.4 is 0 Å². The smallest absolute Gasteiger partial charge is 0.346 e. The van der Waals surface area contributed by atoms with Gasteiger partial charge in [-0.05, 0) is 29.8 Å². The molecule has 1 aromatic rings. The molecule has 0 aliphatic rings. The molecule has 0 saturated heterocycles. The molecular formula is C10H14BrF3N2O2. The molecule has 18 heavy (non-hydrogen) atoms. The van der Waals surface area contributed by atoms with Crippen molar-refractivity contribution < 1.29 is 22.6 Å². The molecule has 1 heterocycles. The van der Waals surface area contributed by atoms with E-state index in [0.29, 0.717) is 13.2 Å². The first kappa shape index (κ1) is 15.5. The van der Waals surface area contributed by atoms with Crippen LogP contribution in [0.5, 0.6) is 0 Å². The molecule has 0 atom stereocenters. The highest BCUT2D eigenvalue weighted by molar-refractivity contribution is 9.10. The lowest BCUT2D eigenvalue weighted by molar-refractivity contribution is -0.149. The Hall–Kier alpha value is -0.600. The van der Waals surface area contributed by atoms with E-state index in [-0.39, 0.29) is 10.4 Å². The fraction of sp³-hybridized carbons (Fsp3) is 0.700. The lowest BCUT2D eigenvalue weighted by Gasteiger charge is -2.16. The average Bonchev–Trinajstić information content (AvgIpc) is 2.55. The number of nitrogens with zero attached hydrogens (tertiary/aromatic N) is 2. The Labute approximate surface area is 111 Å². The van der Waals surface area contributed by atoms with E-state index in [4.69, 9.17) is 9.47 Å². The maximum absolute atomic E-state index is 12.7. The Kier molecular flexibility index (Phi) is 5.18. The molecule has 0 unspecified atom stereocenters. The van der Waals surface area contributed by atoms with Gasteiger partial charge in [-0.15, -0.1) is 0 Å². The van der Waals surface area contributed by atoms with E-state index in [9.17, 15) is 13.2 Å².